The lowest BCUT2D eigenvalue weighted by Crippen LogP contribution is -2.04. The van der Waals surface area contributed by atoms with Gasteiger partial charge >= 0.3 is 6.18 Å². The number of alkyl halides is 3. The lowest BCUT2D eigenvalue weighted by atomic mass is 10.0. The summed E-state index contributed by atoms with van der Waals surface area (Å²) < 4.78 is 38.0. The zero-order valence-electron chi connectivity index (χ0n) is 9.71. The Labute approximate surface area is 113 Å². The number of aliphatic hydroxyl groups is 1. The molecular weight excluding hydrogens is 277 g/mol. The van der Waals surface area contributed by atoms with E-state index in [1.807, 2.05) is 0 Å². The van der Waals surface area contributed by atoms with E-state index in [1.165, 1.54) is 6.07 Å². The minimum atomic E-state index is -4.39. The predicted octanol–water partition coefficient (Wildman–Crippen LogP) is 4.52. The van der Waals surface area contributed by atoms with Crippen LogP contribution >= 0.6 is 11.6 Å². The smallest absolute Gasteiger partial charge is 0.392 e. The maximum atomic E-state index is 12.7. The van der Waals surface area contributed by atoms with Gasteiger partial charge in [-0.05, 0) is 23.3 Å². The fraction of sp³-hybridized carbons (Fsp3) is 0.143. The van der Waals surface area contributed by atoms with Crippen LogP contribution in [0, 0.1) is 0 Å². The zero-order valence-corrected chi connectivity index (χ0v) is 10.5. The summed E-state index contributed by atoms with van der Waals surface area (Å²) >= 11 is 6.07. The van der Waals surface area contributed by atoms with Crippen molar-refractivity contribution < 1.29 is 18.3 Å². The van der Waals surface area contributed by atoms with Crippen molar-refractivity contribution >= 4 is 11.6 Å². The molecule has 2 rings (SSSR count). The number of benzene rings is 2. The van der Waals surface area contributed by atoms with Gasteiger partial charge in [-0.15, -0.1) is 0 Å². The summed E-state index contributed by atoms with van der Waals surface area (Å²) in [5.74, 6) is 0. The molecule has 2 aromatic rings. The first-order valence-electron chi connectivity index (χ1n) is 5.49. The van der Waals surface area contributed by atoms with Crippen molar-refractivity contribution in [3.63, 3.8) is 0 Å². The highest BCUT2D eigenvalue weighted by atomic mass is 35.5. The Kier molecular flexibility index (Phi) is 3.83. The third-order valence-corrected chi connectivity index (χ3v) is 3.20. The number of aliphatic hydroxyl groups excluding tert-OH is 1. The molecule has 5 heteroatoms. The van der Waals surface area contributed by atoms with Crippen molar-refractivity contribution in [1.29, 1.82) is 0 Å². The molecular formula is C14H10ClF3O. The number of halogens is 4. The second-order valence-corrected chi connectivity index (χ2v) is 4.39. The molecule has 1 N–H and O–H groups in total. The van der Waals surface area contributed by atoms with Crippen molar-refractivity contribution in [2.24, 2.45) is 0 Å². The van der Waals surface area contributed by atoms with Gasteiger partial charge in [0, 0.05) is 5.56 Å². The van der Waals surface area contributed by atoms with E-state index in [9.17, 15) is 13.2 Å². The largest absolute Gasteiger partial charge is 0.416 e. The first kappa shape index (κ1) is 13.9. The summed E-state index contributed by atoms with van der Waals surface area (Å²) in [6.45, 7) is -0.258. The molecule has 0 bridgehead atoms. The molecule has 0 amide bonds. The molecule has 0 heterocycles. The summed E-state index contributed by atoms with van der Waals surface area (Å²) in [4.78, 5) is 0. The van der Waals surface area contributed by atoms with Gasteiger partial charge in [0.15, 0.2) is 0 Å². The monoisotopic (exact) mass is 286 g/mol. The number of hydrogen-bond donors (Lipinski definition) is 1. The minimum Gasteiger partial charge on any atom is -0.392 e. The molecule has 0 aliphatic carbocycles. The van der Waals surface area contributed by atoms with E-state index in [0.29, 0.717) is 16.7 Å². The molecule has 0 aliphatic rings. The zero-order chi connectivity index (χ0) is 14.0. The molecule has 19 heavy (non-hydrogen) atoms. The van der Waals surface area contributed by atoms with Gasteiger partial charge in [0.05, 0.1) is 17.2 Å². The number of hydrogen-bond acceptors (Lipinski definition) is 1. The summed E-state index contributed by atoms with van der Waals surface area (Å²) in [6, 6.07) is 9.83. The summed E-state index contributed by atoms with van der Waals surface area (Å²) in [7, 11) is 0. The fourth-order valence-corrected chi connectivity index (χ4v) is 2.08. The maximum absolute atomic E-state index is 12.7. The Bertz CT molecular complexity index is 593. The van der Waals surface area contributed by atoms with Crippen molar-refractivity contribution in [3.8, 4) is 11.1 Å². The van der Waals surface area contributed by atoms with E-state index in [-0.39, 0.29) is 11.6 Å². The predicted molar refractivity (Wildman–Crippen MR) is 67.8 cm³/mol. The minimum absolute atomic E-state index is 0.258. The third kappa shape index (κ3) is 2.91. The van der Waals surface area contributed by atoms with E-state index in [0.717, 1.165) is 12.1 Å². The second kappa shape index (κ2) is 5.23. The van der Waals surface area contributed by atoms with Gasteiger partial charge in [0.2, 0.25) is 0 Å². The fourth-order valence-electron chi connectivity index (χ4n) is 1.79. The van der Waals surface area contributed by atoms with E-state index in [1.54, 1.807) is 24.3 Å². The maximum Gasteiger partial charge on any atom is 0.416 e. The first-order chi connectivity index (χ1) is 8.93. The van der Waals surface area contributed by atoms with Crippen molar-refractivity contribution in [1.82, 2.24) is 0 Å². The standard InChI is InChI=1S/C14H10ClF3O/c15-13-10(8-19)4-2-6-12(13)9-3-1-5-11(7-9)14(16,17)18/h1-7,19H,8H2. The van der Waals surface area contributed by atoms with Crippen LogP contribution in [-0.4, -0.2) is 5.11 Å². The molecule has 100 valence electrons. The van der Waals surface area contributed by atoms with E-state index >= 15 is 0 Å². The Morgan fingerprint density at radius 2 is 1.74 bits per heavy atom. The Balaban J connectivity index is 2.54. The van der Waals surface area contributed by atoms with Gasteiger partial charge in [-0.3, -0.25) is 0 Å². The van der Waals surface area contributed by atoms with Gasteiger partial charge in [0.1, 0.15) is 0 Å². The average molecular weight is 287 g/mol. The van der Waals surface area contributed by atoms with Gasteiger partial charge in [-0.25, -0.2) is 0 Å². The van der Waals surface area contributed by atoms with Crippen molar-refractivity contribution in [2.45, 2.75) is 12.8 Å². The highest BCUT2D eigenvalue weighted by Gasteiger charge is 2.30. The second-order valence-electron chi connectivity index (χ2n) is 4.02. The van der Waals surface area contributed by atoms with E-state index in [4.69, 9.17) is 16.7 Å². The van der Waals surface area contributed by atoms with Crippen LogP contribution in [0.5, 0.6) is 0 Å². The Hall–Kier alpha value is -1.52. The van der Waals surface area contributed by atoms with Crippen LogP contribution in [0.4, 0.5) is 13.2 Å². The van der Waals surface area contributed by atoms with Gasteiger partial charge in [-0.1, -0.05) is 41.9 Å². The van der Waals surface area contributed by atoms with Crippen molar-refractivity contribution in [2.75, 3.05) is 0 Å². The van der Waals surface area contributed by atoms with E-state index in [2.05, 4.69) is 0 Å². The average Bonchev–Trinajstić information content (AvgIpc) is 2.38. The van der Waals surface area contributed by atoms with Crippen LogP contribution in [0.15, 0.2) is 42.5 Å². The molecule has 0 spiro atoms. The number of rotatable bonds is 2. The van der Waals surface area contributed by atoms with Gasteiger partial charge in [-0.2, -0.15) is 13.2 Å². The molecule has 0 fully saturated rings. The van der Waals surface area contributed by atoms with Crippen LogP contribution in [0.1, 0.15) is 11.1 Å². The van der Waals surface area contributed by atoms with Gasteiger partial charge in [0.25, 0.3) is 0 Å². The lowest BCUT2D eigenvalue weighted by molar-refractivity contribution is -0.137. The van der Waals surface area contributed by atoms with E-state index < -0.39 is 11.7 Å². The molecule has 0 radical (unpaired) electrons. The topological polar surface area (TPSA) is 20.2 Å². The Morgan fingerprint density at radius 1 is 1.05 bits per heavy atom. The quantitative estimate of drug-likeness (QED) is 0.861. The highest BCUT2D eigenvalue weighted by Crippen LogP contribution is 2.35. The van der Waals surface area contributed by atoms with Crippen LogP contribution in [0.3, 0.4) is 0 Å². The summed E-state index contributed by atoms with van der Waals surface area (Å²) in [5.41, 5.74) is 0.599. The molecule has 1 nitrogen and oxygen atoms in total. The molecule has 0 atom stereocenters. The van der Waals surface area contributed by atoms with Gasteiger partial charge < -0.3 is 5.11 Å². The molecule has 0 saturated heterocycles. The van der Waals surface area contributed by atoms with Crippen LogP contribution in [0.25, 0.3) is 11.1 Å². The third-order valence-electron chi connectivity index (χ3n) is 2.75. The SMILES string of the molecule is OCc1cccc(-c2cccc(C(F)(F)F)c2)c1Cl. The normalized spacial score (nSPS) is 11.6. The first-order valence-corrected chi connectivity index (χ1v) is 5.87. The van der Waals surface area contributed by atoms with Crippen LogP contribution < -0.4 is 0 Å². The molecule has 0 unspecified atom stereocenters. The molecule has 0 saturated carbocycles. The molecule has 0 aliphatic heterocycles. The molecule has 2 aromatic carbocycles. The molecule has 0 aromatic heterocycles. The van der Waals surface area contributed by atoms with Crippen molar-refractivity contribution in [3.05, 3.63) is 58.6 Å². The summed E-state index contributed by atoms with van der Waals surface area (Å²) in [6.07, 6.45) is -4.39. The van der Waals surface area contributed by atoms with Crippen LogP contribution in [0.2, 0.25) is 5.02 Å². The highest BCUT2D eigenvalue weighted by molar-refractivity contribution is 6.34. The lowest BCUT2D eigenvalue weighted by Gasteiger charge is -2.11. The summed E-state index contributed by atoms with van der Waals surface area (Å²) in [5, 5.41) is 9.38. The Morgan fingerprint density at radius 3 is 2.37 bits per heavy atom. The van der Waals surface area contributed by atoms with Crippen LogP contribution in [-0.2, 0) is 12.8 Å².